The number of allylic oxidation sites excluding steroid dienone is 1. The molecule has 6 nitrogen and oxygen atoms in total. The number of esters is 1. The number of aliphatic imine (C=N–C) groups is 1. The molecule has 2 aromatic carbocycles. The lowest BCUT2D eigenvalue weighted by Crippen LogP contribution is -2.46. The predicted octanol–water partition coefficient (Wildman–Crippen LogP) is 6.93. The van der Waals surface area contributed by atoms with E-state index in [4.69, 9.17) is 32.9 Å². The second kappa shape index (κ2) is 10.6. The summed E-state index contributed by atoms with van der Waals surface area (Å²) in [6.45, 7) is 8.21. The molecule has 1 fully saturated rings. The Morgan fingerprint density at radius 3 is 2.29 bits per heavy atom. The number of amides is 1. The van der Waals surface area contributed by atoms with Gasteiger partial charge in [0.25, 0.3) is 5.91 Å². The first-order valence-electron chi connectivity index (χ1n) is 13.0. The minimum absolute atomic E-state index is 0.00146. The number of ether oxygens (including phenoxy) is 1. The van der Waals surface area contributed by atoms with Gasteiger partial charge in [0.05, 0.1) is 17.6 Å². The number of nitrogens with zero attached hydrogens (tertiary/aromatic N) is 3. The van der Waals surface area contributed by atoms with Crippen molar-refractivity contribution in [1.29, 1.82) is 0 Å². The van der Waals surface area contributed by atoms with Gasteiger partial charge in [-0.3, -0.25) is 4.79 Å². The van der Waals surface area contributed by atoms with Gasteiger partial charge in [-0.15, -0.1) is 0 Å². The molecule has 9 heteroatoms. The molecule has 0 N–H and O–H groups in total. The summed E-state index contributed by atoms with van der Waals surface area (Å²) >= 11 is 13.8. The highest BCUT2D eigenvalue weighted by Crippen LogP contribution is 2.55. The van der Waals surface area contributed by atoms with Gasteiger partial charge in [0.15, 0.2) is 5.17 Å². The van der Waals surface area contributed by atoms with Crippen molar-refractivity contribution in [3.8, 4) is 0 Å². The Balaban J connectivity index is 1.55. The summed E-state index contributed by atoms with van der Waals surface area (Å²) in [4.78, 5) is 36.5. The Morgan fingerprint density at radius 2 is 1.68 bits per heavy atom. The largest absolute Gasteiger partial charge is 0.464 e. The van der Waals surface area contributed by atoms with Gasteiger partial charge in [0.2, 0.25) is 0 Å². The van der Waals surface area contributed by atoms with Crippen molar-refractivity contribution in [3.05, 3.63) is 80.3 Å². The zero-order chi connectivity index (χ0) is 27.2. The van der Waals surface area contributed by atoms with Crippen LogP contribution in [0.25, 0.3) is 0 Å². The third-order valence-electron chi connectivity index (χ3n) is 7.78. The van der Waals surface area contributed by atoms with Gasteiger partial charge in [0.1, 0.15) is 11.6 Å². The molecule has 0 unspecified atom stereocenters. The van der Waals surface area contributed by atoms with Crippen molar-refractivity contribution in [1.82, 2.24) is 9.80 Å². The molecule has 2 aromatic rings. The molecule has 3 aliphatic rings. The van der Waals surface area contributed by atoms with Crippen LogP contribution < -0.4 is 0 Å². The highest BCUT2D eigenvalue weighted by Gasteiger charge is 2.53. The fraction of sp³-hybridized carbons (Fsp3) is 0.414. The molecule has 38 heavy (non-hydrogen) atoms. The molecule has 0 aliphatic carbocycles. The fourth-order valence-corrected chi connectivity index (χ4v) is 7.31. The predicted molar refractivity (Wildman–Crippen MR) is 153 cm³/mol. The van der Waals surface area contributed by atoms with Gasteiger partial charge >= 0.3 is 5.97 Å². The van der Waals surface area contributed by atoms with Gasteiger partial charge in [-0.25, -0.2) is 9.79 Å². The molecule has 4 atom stereocenters. The zero-order valence-electron chi connectivity index (χ0n) is 21.9. The van der Waals surface area contributed by atoms with E-state index >= 15 is 0 Å². The molecule has 3 heterocycles. The highest BCUT2D eigenvalue weighted by molar-refractivity contribution is 8.18. The van der Waals surface area contributed by atoms with Crippen molar-refractivity contribution in [2.45, 2.75) is 70.6 Å². The second-order valence-corrected chi connectivity index (χ2v) is 11.9. The summed E-state index contributed by atoms with van der Waals surface area (Å²) in [7, 11) is 0. The molecule has 1 amide bonds. The average Bonchev–Trinajstić information content (AvgIpc) is 3.56. The van der Waals surface area contributed by atoms with Gasteiger partial charge in [0, 0.05) is 21.8 Å². The number of rotatable bonds is 6. The van der Waals surface area contributed by atoms with Crippen LogP contribution in [0.5, 0.6) is 0 Å². The SMILES string of the molecule is CCOC(=O)[C@@H]1CC[C@@H](CC)N1C(=O)C1=C(C)N2C(=N[C@@](C)(c3ccc(Cl)cc3)[C@H]2c2ccc(Cl)cc2)S1. The molecule has 1 saturated heterocycles. The lowest BCUT2D eigenvalue weighted by molar-refractivity contribution is -0.152. The zero-order valence-corrected chi connectivity index (χ0v) is 24.2. The minimum Gasteiger partial charge on any atom is -0.464 e. The highest BCUT2D eigenvalue weighted by atomic mass is 35.5. The van der Waals surface area contributed by atoms with E-state index in [1.54, 1.807) is 11.8 Å². The van der Waals surface area contributed by atoms with E-state index in [0.717, 1.165) is 34.8 Å². The van der Waals surface area contributed by atoms with Crippen LogP contribution in [0.15, 0.2) is 64.1 Å². The van der Waals surface area contributed by atoms with E-state index < -0.39 is 11.6 Å². The van der Waals surface area contributed by atoms with Gasteiger partial charge in [-0.2, -0.15) is 0 Å². The van der Waals surface area contributed by atoms with Crippen LogP contribution in [0.4, 0.5) is 0 Å². The normalized spacial score (nSPS) is 26.6. The second-order valence-electron chi connectivity index (χ2n) is 10.0. The number of fused-ring (bicyclic) bond motifs is 1. The van der Waals surface area contributed by atoms with E-state index in [0.29, 0.717) is 28.0 Å². The molecule has 0 bridgehead atoms. The van der Waals surface area contributed by atoms with Gasteiger partial charge < -0.3 is 14.5 Å². The maximum atomic E-state index is 14.1. The first kappa shape index (κ1) is 27.1. The Hall–Kier alpha value is -2.48. The summed E-state index contributed by atoms with van der Waals surface area (Å²) in [6, 6.07) is 14.8. The van der Waals surface area contributed by atoms with Crippen molar-refractivity contribution >= 4 is 52.0 Å². The number of carbonyl (C=O) groups excluding carboxylic acids is 2. The quantitative estimate of drug-likeness (QED) is 0.351. The smallest absolute Gasteiger partial charge is 0.328 e. The van der Waals surface area contributed by atoms with Crippen LogP contribution in [0.1, 0.15) is 64.1 Å². The third kappa shape index (κ3) is 4.52. The molecule has 0 aromatic heterocycles. The van der Waals surface area contributed by atoms with E-state index in [1.807, 2.05) is 55.5 Å². The summed E-state index contributed by atoms with van der Waals surface area (Å²) in [6.07, 6.45) is 2.19. The third-order valence-corrected chi connectivity index (χ3v) is 9.43. The van der Waals surface area contributed by atoms with Crippen LogP contribution in [0.3, 0.4) is 0 Å². The Morgan fingerprint density at radius 1 is 1.05 bits per heavy atom. The average molecular weight is 573 g/mol. The lowest BCUT2D eigenvalue weighted by Gasteiger charge is -2.35. The molecule has 0 radical (unpaired) electrons. The van der Waals surface area contributed by atoms with Crippen LogP contribution in [0.2, 0.25) is 10.0 Å². The van der Waals surface area contributed by atoms with Crippen molar-refractivity contribution in [2.75, 3.05) is 6.61 Å². The van der Waals surface area contributed by atoms with Crippen molar-refractivity contribution in [3.63, 3.8) is 0 Å². The molecular formula is C29H31Cl2N3O3S. The van der Waals surface area contributed by atoms with Gasteiger partial charge in [-0.05, 0) is 87.2 Å². The number of benzene rings is 2. The van der Waals surface area contributed by atoms with Crippen molar-refractivity contribution in [2.24, 2.45) is 4.99 Å². The standard InChI is InChI=1S/C29H31Cl2N3O3S/c1-5-22-15-16-23(27(36)37-6-2)34(22)26(35)24-17(3)33-25(18-7-11-20(30)12-8-18)29(4,32-28(33)38-24)19-9-13-21(31)14-10-19/h7-14,22-23,25H,5-6,15-16H2,1-4H3/t22-,23+,25-,29+/m1/s1. The number of hydrogen-bond donors (Lipinski definition) is 0. The van der Waals surface area contributed by atoms with Crippen LogP contribution in [-0.2, 0) is 19.9 Å². The number of amidine groups is 1. The summed E-state index contributed by atoms with van der Waals surface area (Å²) in [5.41, 5.74) is 2.28. The number of thioether (sulfide) groups is 1. The van der Waals surface area contributed by atoms with Crippen LogP contribution >= 0.6 is 35.0 Å². The Labute approximate surface area is 238 Å². The molecule has 0 spiro atoms. The van der Waals surface area contributed by atoms with E-state index in [-0.39, 0.29) is 24.0 Å². The summed E-state index contributed by atoms with van der Waals surface area (Å²) in [5, 5.41) is 2.09. The number of hydrogen-bond acceptors (Lipinski definition) is 6. The molecule has 3 aliphatic heterocycles. The number of likely N-dealkylation sites (tertiary alicyclic amines) is 1. The van der Waals surface area contributed by atoms with E-state index in [1.165, 1.54) is 11.8 Å². The molecular weight excluding hydrogens is 541 g/mol. The summed E-state index contributed by atoms with van der Waals surface area (Å²) < 4.78 is 5.32. The Kier molecular flexibility index (Phi) is 7.55. The maximum absolute atomic E-state index is 14.1. The first-order valence-corrected chi connectivity index (χ1v) is 14.6. The monoisotopic (exact) mass is 571 g/mol. The molecule has 5 rings (SSSR count). The summed E-state index contributed by atoms with van der Waals surface area (Å²) in [5.74, 6) is -0.458. The number of carbonyl (C=O) groups is 2. The first-order chi connectivity index (χ1) is 18.2. The topological polar surface area (TPSA) is 62.2 Å². The van der Waals surface area contributed by atoms with Gasteiger partial charge in [-0.1, -0.05) is 54.4 Å². The van der Waals surface area contributed by atoms with E-state index in [9.17, 15) is 9.59 Å². The molecule has 200 valence electrons. The molecule has 0 saturated carbocycles. The minimum atomic E-state index is -0.621. The lowest BCUT2D eigenvalue weighted by atomic mass is 9.81. The maximum Gasteiger partial charge on any atom is 0.328 e. The van der Waals surface area contributed by atoms with Crippen molar-refractivity contribution < 1.29 is 14.3 Å². The van der Waals surface area contributed by atoms with E-state index in [2.05, 4.69) is 18.7 Å². The van der Waals surface area contributed by atoms with Crippen LogP contribution in [-0.4, -0.2) is 45.5 Å². The number of halogens is 2. The Bertz CT molecular complexity index is 1310. The fourth-order valence-electron chi connectivity index (χ4n) is 5.86. The van der Waals surface area contributed by atoms with Crippen LogP contribution in [0, 0.1) is 0 Å².